The number of halogens is 3. The van der Waals surface area contributed by atoms with Crippen molar-refractivity contribution in [2.24, 2.45) is 0 Å². The fourth-order valence-corrected chi connectivity index (χ4v) is 3.25. The molecule has 0 bridgehead atoms. The molecule has 0 aromatic heterocycles. The lowest BCUT2D eigenvalue weighted by Crippen LogP contribution is -2.48. The maximum absolute atomic E-state index is 14.0. The molecule has 2 nitrogen and oxygen atoms in total. The topological polar surface area (TPSA) is 15.3 Å². The molecule has 1 fully saturated rings. The number of hydrogen-bond donors (Lipinski definition) is 1. The Morgan fingerprint density at radius 3 is 2.55 bits per heavy atom. The Kier molecular flexibility index (Phi) is 5.38. The van der Waals surface area contributed by atoms with Crippen LogP contribution in [0.15, 0.2) is 16.6 Å². The number of hydrogen-bond acceptors (Lipinski definition) is 2. The van der Waals surface area contributed by atoms with Crippen molar-refractivity contribution in [2.45, 2.75) is 45.2 Å². The van der Waals surface area contributed by atoms with Crippen LogP contribution >= 0.6 is 15.9 Å². The third-order valence-corrected chi connectivity index (χ3v) is 4.29. The standard InChI is InChI=1S/C15H21BrF2N2/c1-3-5-19-12-4-6-20(10(2)7-12)15-13(17)8-11(16)9-14(15)18/h8-10,12,19H,3-7H2,1-2H3. The molecule has 1 aliphatic heterocycles. The van der Waals surface area contributed by atoms with Gasteiger partial charge in [-0.05, 0) is 44.9 Å². The number of nitrogens with zero attached hydrogens (tertiary/aromatic N) is 1. The Morgan fingerprint density at radius 1 is 1.35 bits per heavy atom. The zero-order valence-corrected chi connectivity index (χ0v) is 13.5. The van der Waals surface area contributed by atoms with E-state index in [0.29, 0.717) is 17.1 Å². The van der Waals surface area contributed by atoms with Crippen LogP contribution in [0.2, 0.25) is 0 Å². The fraction of sp³-hybridized carbons (Fsp3) is 0.600. The number of nitrogens with one attached hydrogen (secondary N) is 1. The van der Waals surface area contributed by atoms with Gasteiger partial charge >= 0.3 is 0 Å². The van der Waals surface area contributed by atoms with Gasteiger partial charge in [-0.15, -0.1) is 0 Å². The molecule has 2 unspecified atom stereocenters. The minimum Gasteiger partial charge on any atom is -0.364 e. The summed E-state index contributed by atoms with van der Waals surface area (Å²) < 4.78 is 28.5. The molecular weight excluding hydrogens is 326 g/mol. The predicted octanol–water partition coefficient (Wildman–Crippen LogP) is 4.08. The second kappa shape index (κ2) is 6.85. The van der Waals surface area contributed by atoms with Crippen molar-refractivity contribution in [1.82, 2.24) is 5.32 Å². The van der Waals surface area contributed by atoms with Gasteiger partial charge < -0.3 is 10.2 Å². The molecule has 0 radical (unpaired) electrons. The predicted molar refractivity (Wildman–Crippen MR) is 82.2 cm³/mol. The highest BCUT2D eigenvalue weighted by molar-refractivity contribution is 9.10. The minimum atomic E-state index is -0.497. The SMILES string of the molecule is CCCNC1CCN(c2c(F)cc(Br)cc2F)C(C)C1. The first kappa shape index (κ1) is 15.7. The van der Waals surface area contributed by atoms with Crippen molar-refractivity contribution in [3.63, 3.8) is 0 Å². The van der Waals surface area contributed by atoms with Crippen LogP contribution in [0.25, 0.3) is 0 Å². The molecule has 112 valence electrons. The molecule has 1 aliphatic rings. The monoisotopic (exact) mass is 346 g/mol. The van der Waals surface area contributed by atoms with Crippen LogP contribution in [0.4, 0.5) is 14.5 Å². The quantitative estimate of drug-likeness (QED) is 0.883. The Morgan fingerprint density at radius 2 is 2.00 bits per heavy atom. The van der Waals surface area contributed by atoms with Crippen molar-refractivity contribution in [3.05, 3.63) is 28.2 Å². The summed E-state index contributed by atoms with van der Waals surface area (Å²) >= 11 is 3.12. The van der Waals surface area contributed by atoms with Crippen LogP contribution in [0.5, 0.6) is 0 Å². The van der Waals surface area contributed by atoms with Gasteiger partial charge in [0, 0.05) is 23.1 Å². The Bertz CT molecular complexity index is 444. The molecule has 1 N–H and O–H groups in total. The lowest BCUT2D eigenvalue weighted by molar-refractivity contribution is 0.363. The van der Waals surface area contributed by atoms with Crippen LogP contribution in [0.1, 0.15) is 33.1 Å². The van der Waals surface area contributed by atoms with Crippen LogP contribution in [0.3, 0.4) is 0 Å². The second-order valence-electron chi connectivity index (χ2n) is 5.44. The number of anilines is 1. The maximum atomic E-state index is 14.0. The summed E-state index contributed by atoms with van der Waals surface area (Å²) in [4.78, 5) is 1.85. The molecule has 0 aliphatic carbocycles. The van der Waals surface area contributed by atoms with Crippen molar-refractivity contribution >= 4 is 21.6 Å². The van der Waals surface area contributed by atoms with Crippen molar-refractivity contribution < 1.29 is 8.78 Å². The molecule has 2 atom stereocenters. The summed E-state index contributed by atoms with van der Waals surface area (Å²) in [6.45, 7) is 5.84. The van der Waals surface area contributed by atoms with Crippen molar-refractivity contribution in [1.29, 1.82) is 0 Å². The van der Waals surface area contributed by atoms with E-state index < -0.39 is 11.6 Å². The molecule has 1 heterocycles. The highest BCUT2D eigenvalue weighted by Gasteiger charge is 2.28. The highest BCUT2D eigenvalue weighted by atomic mass is 79.9. The Balaban J connectivity index is 2.12. The van der Waals surface area contributed by atoms with Gasteiger partial charge in [0.25, 0.3) is 0 Å². The van der Waals surface area contributed by atoms with Crippen molar-refractivity contribution in [3.8, 4) is 0 Å². The normalized spacial score (nSPS) is 23.1. The molecule has 0 amide bonds. The van der Waals surface area contributed by atoms with E-state index in [2.05, 4.69) is 28.2 Å². The van der Waals surface area contributed by atoms with Gasteiger partial charge in [-0.1, -0.05) is 22.9 Å². The van der Waals surface area contributed by atoms with Crippen LogP contribution in [-0.2, 0) is 0 Å². The van der Waals surface area contributed by atoms with E-state index in [9.17, 15) is 8.78 Å². The van der Waals surface area contributed by atoms with E-state index in [1.54, 1.807) is 0 Å². The van der Waals surface area contributed by atoms with Crippen LogP contribution in [0, 0.1) is 11.6 Å². The largest absolute Gasteiger partial charge is 0.364 e. The maximum Gasteiger partial charge on any atom is 0.150 e. The van der Waals surface area contributed by atoms with Gasteiger partial charge in [-0.2, -0.15) is 0 Å². The van der Waals surface area contributed by atoms with E-state index in [4.69, 9.17) is 0 Å². The Hall–Kier alpha value is -0.680. The second-order valence-corrected chi connectivity index (χ2v) is 6.35. The van der Waals surface area contributed by atoms with E-state index >= 15 is 0 Å². The van der Waals surface area contributed by atoms with Crippen LogP contribution in [-0.4, -0.2) is 25.2 Å². The van der Waals surface area contributed by atoms with E-state index in [0.717, 1.165) is 25.8 Å². The summed E-state index contributed by atoms with van der Waals surface area (Å²) in [5, 5.41) is 3.49. The zero-order valence-electron chi connectivity index (χ0n) is 11.9. The molecule has 5 heteroatoms. The third-order valence-electron chi connectivity index (χ3n) is 3.83. The minimum absolute atomic E-state index is 0.106. The summed E-state index contributed by atoms with van der Waals surface area (Å²) in [7, 11) is 0. The summed E-state index contributed by atoms with van der Waals surface area (Å²) in [6, 6.07) is 3.23. The molecule has 20 heavy (non-hydrogen) atoms. The molecule has 1 saturated heterocycles. The average Bonchev–Trinajstić information content (AvgIpc) is 2.37. The van der Waals surface area contributed by atoms with Gasteiger partial charge in [0.15, 0.2) is 11.6 Å². The fourth-order valence-electron chi connectivity index (χ4n) is 2.85. The first-order valence-corrected chi connectivity index (χ1v) is 7.96. The third kappa shape index (κ3) is 3.50. The van der Waals surface area contributed by atoms with Gasteiger partial charge in [0.1, 0.15) is 5.69 Å². The van der Waals surface area contributed by atoms with E-state index in [-0.39, 0.29) is 11.7 Å². The molecule has 1 aromatic rings. The van der Waals surface area contributed by atoms with Crippen LogP contribution < -0.4 is 10.2 Å². The smallest absolute Gasteiger partial charge is 0.150 e. The van der Waals surface area contributed by atoms with E-state index in [1.165, 1.54) is 12.1 Å². The van der Waals surface area contributed by atoms with Crippen molar-refractivity contribution in [2.75, 3.05) is 18.0 Å². The zero-order chi connectivity index (χ0) is 14.7. The first-order chi connectivity index (χ1) is 9.52. The average molecular weight is 347 g/mol. The molecular formula is C15H21BrF2N2. The van der Waals surface area contributed by atoms with Gasteiger partial charge in [0.2, 0.25) is 0 Å². The molecule has 1 aromatic carbocycles. The molecule has 0 saturated carbocycles. The number of benzene rings is 1. The number of piperidine rings is 1. The number of rotatable bonds is 4. The van der Waals surface area contributed by atoms with E-state index in [1.807, 2.05) is 11.8 Å². The van der Waals surface area contributed by atoms with Gasteiger partial charge in [0.05, 0.1) is 0 Å². The summed E-state index contributed by atoms with van der Waals surface area (Å²) in [6.07, 6.45) is 2.93. The summed E-state index contributed by atoms with van der Waals surface area (Å²) in [5.74, 6) is -0.993. The van der Waals surface area contributed by atoms with Gasteiger partial charge in [-0.25, -0.2) is 8.78 Å². The first-order valence-electron chi connectivity index (χ1n) is 7.17. The lowest BCUT2D eigenvalue weighted by Gasteiger charge is -2.39. The lowest BCUT2D eigenvalue weighted by atomic mass is 9.97. The molecule has 2 rings (SSSR count). The molecule has 0 spiro atoms. The van der Waals surface area contributed by atoms with Gasteiger partial charge in [-0.3, -0.25) is 0 Å². The Labute approximate surface area is 127 Å². The summed E-state index contributed by atoms with van der Waals surface area (Å²) in [5.41, 5.74) is 0.106. The highest BCUT2D eigenvalue weighted by Crippen LogP contribution is 2.31.